The fourth-order valence-electron chi connectivity index (χ4n) is 2.36. The summed E-state index contributed by atoms with van der Waals surface area (Å²) in [5.41, 5.74) is 7.12. The first-order chi connectivity index (χ1) is 13.2. The van der Waals surface area contributed by atoms with Gasteiger partial charge in [-0.25, -0.2) is 4.83 Å². The van der Waals surface area contributed by atoms with E-state index in [1.165, 1.54) is 6.21 Å². The van der Waals surface area contributed by atoms with E-state index >= 15 is 0 Å². The lowest BCUT2D eigenvalue weighted by molar-refractivity contribution is -0.119. The van der Waals surface area contributed by atoms with Crippen LogP contribution in [-0.2, 0) is 14.8 Å². The number of rotatable bonds is 9. The van der Waals surface area contributed by atoms with E-state index in [0.29, 0.717) is 29.2 Å². The SMILES string of the molecule is CCOc1cc(/C=N\NS(=O)(=O)c2cc(C)ccc2C)ccc1OCC(N)=O. The zero-order chi connectivity index (χ0) is 20.7. The molecule has 2 aromatic carbocycles. The molecule has 0 heterocycles. The smallest absolute Gasteiger partial charge is 0.276 e. The van der Waals surface area contributed by atoms with Gasteiger partial charge in [-0.1, -0.05) is 12.1 Å². The fraction of sp³-hybridized carbons (Fsp3) is 0.263. The number of hydrazone groups is 1. The van der Waals surface area contributed by atoms with Crippen molar-refractivity contribution >= 4 is 22.1 Å². The number of benzene rings is 2. The predicted octanol–water partition coefficient (Wildman–Crippen LogP) is 1.88. The number of hydrogen-bond donors (Lipinski definition) is 2. The Morgan fingerprint density at radius 1 is 1.14 bits per heavy atom. The van der Waals surface area contributed by atoms with Gasteiger partial charge in [-0.05, 0) is 61.7 Å². The second-order valence-electron chi connectivity index (χ2n) is 6.02. The Balaban J connectivity index is 2.18. The number of ether oxygens (including phenoxy) is 2. The molecular formula is C19H23N3O5S. The molecule has 2 rings (SSSR count). The number of sulfonamides is 1. The van der Waals surface area contributed by atoms with Crippen molar-refractivity contribution in [3.8, 4) is 11.5 Å². The summed E-state index contributed by atoms with van der Waals surface area (Å²) in [5, 5.41) is 3.83. The number of aryl methyl sites for hydroxylation is 2. The molecule has 0 aliphatic heterocycles. The number of carbonyl (C=O) groups excluding carboxylic acids is 1. The predicted molar refractivity (Wildman–Crippen MR) is 106 cm³/mol. The van der Waals surface area contributed by atoms with Crippen LogP contribution in [-0.4, -0.2) is 33.8 Å². The first-order valence-electron chi connectivity index (χ1n) is 8.53. The molecule has 9 heteroatoms. The number of primary amides is 1. The zero-order valence-electron chi connectivity index (χ0n) is 15.9. The Morgan fingerprint density at radius 3 is 2.57 bits per heavy atom. The molecule has 2 aromatic rings. The summed E-state index contributed by atoms with van der Waals surface area (Å²) in [6.07, 6.45) is 1.35. The van der Waals surface area contributed by atoms with Crippen molar-refractivity contribution in [3.05, 3.63) is 53.1 Å². The molecule has 0 spiro atoms. The average molecular weight is 405 g/mol. The minimum absolute atomic E-state index is 0.176. The third-order valence-corrected chi connectivity index (χ3v) is 5.02. The van der Waals surface area contributed by atoms with E-state index < -0.39 is 15.9 Å². The molecule has 0 fully saturated rings. The summed E-state index contributed by atoms with van der Waals surface area (Å²) >= 11 is 0. The van der Waals surface area contributed by atoms with E-state index in [2.05, 4.69) is 9.93 Å². The van der Waals surface area contributed by atoms with E-state index in [4.69, 9.17) is 15.2 Å². The first-order valence-corrected chi connectivity index (χ1v) is 10.0. The summed E-state index contributed by atoms with van der Waals surface area (Å²) < 4.78 is 35.7. The summed E-state index contributed by atoms with van der Waals surface area (Å²) in [6, 6.07) is 10.0. The van der Waals surface area contributed by atoms with Gasteiger partial charge in [-0.15, -0.1) is 0 Å². The molecule has 0 unspecified atom stereocenters. The van der Waals surface area contributed by atoms with E-state index in [1.54, 1.807) is 44.2 Å². The van der Waals surface area contributed by atoms with Crippen LogP contribution in [0.1, 0.15) is 23.6 Å². The molecule has 0 bridgehead atoms. The lowest BCUT2D eigenvalue weighted by Crippen LogP contribution is -2.20. The number of nitrogens with two attached hydrogens (primary N) is 1. The van der Waals surface area contributed by atoms with Crippen molar-refractivity contribution in [2.45, 2.75) is 25.7 Å². The number of nitrogens with one attached hydrogen (secondary N) is 1. The Labute approximate surface area is 164 Å². The Kier molecular flexibility index (Phi) is 7.00. The standard InChI is InChI=1S/C19H23N3O5S/c1-4-26-17-10-15(7-8-16(17)27-12-19(20)23)11-21-22-28(24,25)18-9-13(2)5-6-14(18)3/h5-11,22H,4,12H2,1-3H3,(H2,20,23)/b21-11-. The third-order valence-electron chi connectivity index (χ3n) is 3.66. The minimum atomic E-state index is -3.79. The van der Waals surface area contributed by atoms with Gasteiger partial charge in [0.2, 0.25) is 0 Å². The molecule has 0 saturated carbocycles. The van der Waals surface area contributed by atoms with Gasteiger partial charge in [0, 0.05) is 0 Å². The largest absolute Gasteiger partial charge is 0.490 e. The van der Waals surface area contributed by atoms with E-state index in [1.807, 2.05) is 13.0 Å². The molecular weight excluding hydrogens is 382 g/mol. The first kappa shape index (κ1) is 21.2. The average Bonchev–Trinajstić information content (AvgIpc) is 2.63. The van der Waals surface area contributed by atoms with Crippen LogP contribution in [0, 0.1) is 13.8 Å². The lowest BCUT2D eigenvalue weighted by atomic mass is 10.2. The maximum Gasteiger partial charge on any atom is 0.276 e. The molecule has 3 N–H and O–H groups in total. The summed E-state index contributed by atoms with van der Waals surface area (Å²) in [6.45, 7) is 5.45. The van der Waals surface area contributed by atoms with Gasteiger partial charge in [0.05, 0.1) is 17.7 Å². The molecule has 28 heavy (non-hydrogen) atoms. The second-order valence-corrected chi connectivity index (χ2v) is 7.65. The van der Waals surface area contributed by atoms with Crippen LogP contribution >= 0.6 is 0 Å². The van der Waals surface area contributed by atoms with Crippen LogP contribution in [0.3, 0.4) is 0 Å². The van der Waals surface area contributed by atoms with Crippen LogP contribution < -0.4 is 20.0 Å². The van der Waals surface area contributed by atoms with Crippen LogP contribution in [0.2, 0.25) is 0 Å². The molecule has 150 valence electrons. The van der Waals surface area contributed by atoms with E-state index in [9.17, 15) is 13.2 Å². The van der Waals surface area contributed by atoms with Gasteiger partial charge in [0.1, 0.15) is 0 Å². The number of amides is 1. The van der Waals surface area contributed by atoms with Crippen molar-refractivity contribution in [3.63, 3.8) is 0 Å². The van der Waals surface area contributed by atoms with Crippen molar-refractivity contribution in [2.24, 2.45) is 10.8 Å². The van der Waals surface area contributed by atoms with Gasteiger partial charge in [-0.3, -0.25) is 4.79 Å². The highest BCUT2D eigenvalue weighted by Crippen LogP contribution is 2.28. The molecule has 0 saturated heterocycles. The third kappa shape index (κ3) is 5.71. The maximum atomic E-state index is 12.5. The van der Waals surface area contributed by atoms with Crippen LogP contribution in [0.25, 0.3) is 0 Å². The van der Waals surface area contributed by atoms with Crippen LogP contribution in [0.4, 0.5) is 0 Å². The second kappa shape index (κ2) is 9.23. The van der Waals surface area contributed by atoms with Crippen molar-refractivity contribution in [1.82, 2.24) is 4.83 Å². The molecule has 8 nitrogen and oxygen atoms in total. The highest BCUT2D eigenvalue weighted by molar-refractivity contribution is 7.89. The molecule has 1 amide bonds. The van der Waals surface area contributed by atoms with Crippen molar-refractivity contribution in [2.75, 3.05) is 13.2 Å². The van der Waals surface area contributed by atoms with Crippen LogP contribution in [0.15, 0.2) is 46.4 Å². The molecule has 0 aromatic heterocycles. The molecule has 0 radical (unpaired) electrons. The van der Waals surface area contributed by atoms with Gasteiger partial charge >= 0.3 is 0 Å². The minimum Gasteiger partial charge on any atom is -0.490 e. The Hall–Kier alpha value is -3.07. The zero-order valence-corrected chi connectivity index (χ0v) is 16.7. The molecule has 0 aliphatic carbocycles. The number of nitrogens with zero attached hydrogens (tertiary/aromatic N) is 1. The lowest BCUT2D eigenvalue weighted by Gasteiger charge is -2.11. The van der Waals surface area contributed by atoms with E-state index in [-0.39, 0.29) is 11.5 Å². The number of carbonyl (C=O) groups is 1. The molecule has 0 aliphatic rings. The highest BCUT2D eigenvalue weighted by Gasteiger charge is 2.16. The van der Waals surface area contributed by atoms with E-state index in [0.717, 1.165) is 5.56 Å². The molecule has 0 atom stereocenters. The van der Waals surface area contributed by atoms with Gasteiger partial charge in [0.25, 0.3) is 15.9 Å². The normalized spacial score (nSPS) is 11.4. The van der Waals surface area contributed by atoms with Crippen molar-refractivity contribution in [1.29, 1.82) is 0 Å². The Morgan fingerprint density at radius 2 is 1.89 bits per heavy atom. The number of hydrogen-bond acceptors (Lipinski definition) is 6. The van der Waals surface area contributed by atoms with Crippen molar-refractivity contribution < 1.29 is 22.7 Å². The summed E-state index contributed by atoms with van der Waals surface area (Å²) in [4.78, 5) is 13.3. The van der Waals surface area contributed by atoms with Crippen LogP contribution in [0.5, 0.6) is 11.5 Å². The van der Waals surface area contributed by atoms with Gasteiger partial charge in [0.15, 0.2) is 18.1 Å². The fourth-order valence-corrected chi connectivity index (χ4v) is 3.48. The Bertz CT molecular complexity index is 987. The van der Waals surface area contributed by atoms with Gasteiger partial charge < -0.3 is 15.2 Å². The summed E-state index contributed by atoms with van der Waals surface area (Å²) in [5.74, 6) is 0.146. The van der Waals surface area contributed by atoms with Gasteiger partial charge in [-0.2, -0.15) is 13.5 Å². The highest BCUT2D eigenvalue weighted by atomic mass is 32.2. The summed E-state index contributed by atoms with van der Waals surface area (Å²) in [7, 11) is -3.79. The maximum absolute atomic E-state index is 12.5. The quantitative estimate of drug-likeness (QED) is 0.487. The topological polar surface area (TPSA) is 120 Å². The monoisotopic (exact) mass is 405 g/mol.